The average Bonchev–Trinajstić information content (AvgIpc) is 3.24. The highest BCUT2D eigenvalue weighted by Crippen LogP contribution is 2.18. The molecule has 0 fully saturated rings. The number of aliphatic hydroxyl groups is 4. The molecule has 0 aromatic rings. The number of hydrogen-bond acceptors (Lipinski definition) is 5. The molecule has 1 amide bonds. The zero-order valence-electron chi connectivity index (χ0n) is 39.8. The monoisotopic (exact) mass is 836 g/mol. The van der Waals surface area contributed by atoms with Gasteiger partial charge in [0.2, 0.25) is 5.91 Å². The Kier molecular flexibility index (Phi) is 47.3. The molecule has 0 rings (SSSR count). The highest BCUT2D eigenvalue weighted by Gasteiger charge is 2.28. The number of aliphatic hydroxyl groups excluding tert-OH is 4. The first kappa shape index (κ1) is 58.0. The van der Waals surface area contributed by atoms with E-state index < -0.39 is 36.9 Å². The molecule has 0 aliphatic heterocycles. The minimum Gasteiger partial charge on any atom is -0.394 e. The summed E-state index contributed by atoms with van der Waals surface area (Å²) in [5.74, 6) is -0.586. The lowest BCUT2D eigenvalue weighted by Gasteiger charge is -2.27. The molecule has 4 atom stereocenters. The highest BCUT2D eigenvalue weighted by atomic mass is 16.3. The first-order chi connectivity index (χ1) is 29.0. The fraction of sp³-hybridized carbons (Fsp3) is 0.943. The van der Waals surface area contributed by atoms with Gasteiger partial charge in [0, 0.05) is 0 Å². The van der Waals surface area contributed by atoms with E-state index in [0.29, 0.717) is 12.8 Å². The van der Waals surface area contributed by atoms with Crippen molar-refractivity contribution in [1.29, 1.82) is 0 Å². The zero-order chi connectivity index (χ0) is 43.1. The predicted octanol–water partition coefficient (Wildman–Crippen LogP) is 14.9. The fourth-order valence-corrected chi connectivity index (χ4v) is 8.52. The molecule has 0 heterocycles. The lowest BCUT2D eigenvalue weighted by atomic mass is 9.99. The second-order valence-electron chi connectivity index (χ2n) is 18.6. The third-order valence-electron chi connectivity index (χ3n) is 12.7. The summed E-state index contributed by atoms with van der Waals surface area (Å²) in [5.41, 5.74) is 0. The molecule has 0 aliphatic carbocycles. The Hall–Kier alpha value is -0.950. The van der Waals surface area contributed by atoms with Gasteiger partial charge in [0.25, 0.3) is 0 Å². The molecule has 0 bridgehead atoms. The van der Waals surface area contributed by atoms with Crippen LogP contribution in [0.15, 0.2) is 12.2 Å². The predicted molar refractivity (Wildman–Crippen MR) is 256 cm³/mol. The topological polar surface area (TPSA) is 110 Å². The molecule has 0 aromatic heterocycles. The van der Waals surface area contributed by atoms with Gasteiger partial charge in [-0.25, -0.2) is 0 Å². The summed E-state index contributed by atoms with van der Waals surface area (Å²) in [7, 11) is 0. The van der Waals surface area contributed by atoms with Crippen LogP contribution >= 0.6 is 0 Å². The molecule has 6 nitrogen and oxygen atoms in total. The van der Waals surface area contributed by atoms with Crippen molar-refractivity contribution >= 4 is 5.91 Å². The van der Waals surface area contributed by atoms with E-state index in [2.05, 4.69) is 31.3 Å². The van der Waals surface area contributed by atoms with Crippen molar-refractivity contribution in [3.05, 3.63) is 12.2 Å². The van der Waals surface area contributed by atoms with Gasteiger partial charge < -0.3 is 25.7 Å². The summed E-state index contributed by atoms with van der Waals surface area (Å²) >= 11 is 0. The summed E-state index contributed by atoms with van der Waals surface area (Å²) < 4.78 is 0. The second-order valence-corrected chi connectivity index (χ2v) is 18.6. The normalized spacial score (nSPS) is 13.9. The van der Waals surface area contributed by atoms with Crippen LogP contribution in [0, 0.1) is 0 Å². The van der Waals surface area contributed by atoms with E-state index in [1.165, 1.54) is 218 Å². The Labute approximate surface area is 368 Å². The van der Waals surface area contributed by atoms with Gasteiger partial charge in [0.15, 0.2) is 0 Å². The highest BCUT2D eigenvalue weighted by molar-refractivity contribution is 5.80. The Balaban J connectivity index is 3.57. The number of nitrogens with one attached hydrogen (secondary N) is 1. The Morgan fingerprint density at radius 3 is 1.00 bits per heavy atom. The van der Waals surface area contributed by atoms with Crippen molar-refractivity contribution in [2.45, 2.75) is 314 Å². The van der Waals surface area contributed by atoms with E-state index in [4.69, 9.17) is 0 Å². The SMILES string of the molecule is CCCCCC/C=C\CCCCCCCCC(O)C(=O)NC(CO)C(O)C(O)CCCCCCCCCCCCCCCCCCCCCCCCCCCCCCC. The van der Waals surface area contributed by atoms with Gasteiger partial charge in [-0.15, -0.1) is 0 Å². The lowest BCUT2D eigenvalue weighted by Crippen LogP contribution is -2.53. The summed E-state index contributed by atoms with van der Waals surface area (Å²) in [6.45, 7) is 4.06. The number of hydrogen-bond donors (Lipinski definition) is 5. The summed E-state index contributed by atoms with van der Waals surface area (Å²) in [6, 6.07) is -0.985. The van der Waals surface area contributed by atoms with Crippen LogP contribution in [0.2, 0.25) is 0 Å². The molecule has 6 heteroatoms. The number of carbonyl (C=O) groups excluding carboxylic acids is 1. The molecule has 352 valence electrons. The van der Waals surface area contributed by atoms with Crippen LogP contribution in [0.4, 0.5) is 0 Å². The first-order valence-corrected chi connectivity index (χ1v) is 26.6. The Morgan fingerprint density at radius 2 is 0.678 bits per heavy atom. The van der Waals surface area contributed by atoms with Gasteiger partial charge in [0.05, 0.1) is 18.8 Å². The molecule has 0 radical (unpaired) electrons. The van der Waals surface area contributed by atoms with Crippen LogP contribution < -0.4 is 5.32 Å². The largest absolute Gasteiger partial charge is 0.394 e. The van der Waals surface area contributed by atoms with Gasteiger partial charge in [-0.1, -0.05) is 264 Å². The molecule has 0 saturated carbocycles. The van der Waals surface area contributed by atoms with Gasteiger partial charge in [-0.05, 0) is 38.5 Å². The minimum absolute atomic E-state index is 0.364. The van der Waals surface area contributed by atoms with E-state index in [9.17, 15) is 25.2 Å². The standard InChI is InChI=1S/C53H105NO5/c1-3-5-7-9-11-13-15-17-19-20-21-22-23-24-25-26-27-28-29-30-31-32-33-35-36-38-40-42-44-46-50(56)52(58)49(48-55)54-53(59)51(57)47-45-43-41-39-37-34-18-16-14-12-10-8-6-4-2/h14,16,49-52,55-58H,3-13,15,17-48H2,1-2H3,(H,54,59)/b16-14-. The number of rotatable bonds is 49. The van der Waals surface area contributed by atoms with Crippen molar-refractivity contribution < 1.29 is 25.2 Å². The lowest BCUT2D eigenvalue weighted by molar-refractivity contribution is -0.132. The minimum atomic E-state index is -1.26. The maximum Gasteiger partial charge on any atom is 0.249 e. The number of unbranched alkanes of at least 4 members (excludes halogenated alkanes) is 38. The molecule has 0 aliphatic rings. The molecule has 0 saturated heterocycles. The summed E-state index contributed by atoms with van der Waals surface area (Å²) in [5, 5.41) is 43.9. The molecule has 0 aromatic carbocycles. The van der Waals surface area contributed by atoms with Gasteiger partial charge in [0.1, 0.15) is 12.2 Å². The van der Waals surface area contributed by atoms with Crippen LogP contribution in [0.3, 0.4) is 0 Å². The smallest absolute Gasteiger partial charge is 0.249 e. The molecular weight excluding hydrogens is 731 g/mol. The maximum atomic E-state index is 12.5. The summed E-state index contributed by atoms with van der Waals surface area (Å²) in [4.78, 5) is 12.5. The van der Waals surface area contributed by atoms with Crippen LogP contribution in [-0.2, 0) is 4.79 Å². The van der Waals surface area contributed by atoms with Crippen LogP contribution in [0.1, 0.15) is 290 Å². The van der Waals surface area contributed by atoms with Crippen molar-refractivity contribution in [2.24, 2.45) is 0 Å². The van der Waals surface area contributed by atoms with Crippen molar-refractivity contribution in [1.82, 2.24) is 5.32 Å². The van der Waals surface area contributed by atoms with Crippen LogP contribution in [0.5, 0.6) is 0 Å². The van der Waals surface area contributed by atoms with E-state index >= 15 is 0 Å². The summed E-state index contributed by atoms with van der Waals surface area (Å²) in [6.07, 6.45) is 55.6. The second kappa shape index (κ2) is 48.1. The number of allylic oxidation sites excluding steroid dienone is 2. The van der Waals surface area contributed by atoms with E-state index in [-0.39, 0.29) is 0 Å². The van der Waals surface area contributed by atoms with Crippen molar-refractivity contribution in [3.63, 3.8) is 0 Å². The third kappa shape index (κ3) is 42.1. The third-order valence-corrected chi connectivity index (χ3v) is 12.7. The van der Waals surface area contributed by atoms with Gasteiger partial charge in [-0.2, -0.15) is 0 Å². The van der Waals surface area contributed by atoms with Crippen LogP contribution in [-0.4, -0.2) is 57.3 Å². The molecule has 59 heavy (non-hydrogen) atoms. The first-order valence-electron chi connectivity index (χ1n) is 26.6. The van der Waals surface area contributed by atoms with Crippen molar-refractivity contribution in [3.8, 4) is 0 Å². The average molecular weight is 836 g/mol. The Bertz CT molecular complexity index is 852. The van der Waals surface area contributed by atoms with Gasteiger partial charge in [-0.3, -0.25) is 4.79 Å². The molecular formula is C53H105NO5. The van der Waals surface area contributed by atoms with E-state index in [1.54, 1.807) is 0 Å². The molecule has 0 spiro atoms. The number of amides is 1. The molecule has 4 unspecified atom stereocenters. The van der Waals surface area contributed by atoms with Crippen molar-refractivity contribution in [2.75, 3.05) is 6.61 Å². The maximum absolute atomic E-state index is 12.5. The quantitative estimate of drug-likeness (QED) is 0.0310. The molecule has 5 N–H and O–H groups in total. The van der Waals surface area contributed by atoms with Crippen LogP contribution in [0.25, 0.3) is 0 Å². The van der Waals surface area contributed by atoms with E-state index in [0.717, 1.165) is 44.9 Å². The number of carbonyl (C=O) groups is 1. The van der Waals surface area contributed by atoms with Gasteiger partial charge >= 0.3 is 0 Å². The van der Waals surface area contributed by atoms with E-state index in [1.807, 2.05) is 0 Å². The zero-order valence-corrected chi connectivity index (χ0v) is 39.8. The Morgan fingerprint density at radius 1 is 0.407 bits per heavy atom. The fourth-order valence-electron chi connectivity index (χ4n) is 8.52.